The summed E-state index contributed by atoms with van der Waals surface area (Å²) in [5.74, 6) is -0.319. The highest BCUT2D eigenvalue weighted by Crippen LogP contribution is 2.29. The summed E-state index contributed by atoms with van der Waals surface area (Å²) < 4.78 is 5.68. The molecule has 76 valence electrons. The van der Waals surface area contributed by atoms with Crippen LogP contribution in [0.5, 0.6) is 5.75 Å². The Morgan fingerprint density at radius 2 is 2.21 bits per heavy atom. The normalized spacial score (nSPS) is 9.93. The highest BCUT2D eigenvalue weighted by Gasteiger charge is 2.16. The SMILES string of the molecule is CCc1c(OC)ccc(Br)c1C(=O)O. The van der Waals surface area contributed by atoms with Gasteiger partial charge in [0.1, 0.15) is 5.75 Å². The molecule has 1 rings (SSSR count). The zero-order valence-corrected chi connectivity index (χ0v) is 9.59. The van der Waals surface area contributed by atoms with E-state index >= 15 is 0 Å². The van der Waals surface area contributed by atoms with Crippen molar-refractivity contribution in [3.05, 3.63) is 27.7 Å². The number of rotatable bonds is 3. The Kier molecular flexibility index (Phi) is 3.52. The molecule has 0 unspecified atom stereocenters. The summed E-state index contributed by atoms with van der Waals surface area (Å²) >= 11 is 3.22. The highest BCUT2D eigenvalue weighted by atomic mass is 79.9. The molecule has 0 saturated carbocycles. The second kappa shape index (κ2) is 4.46. The largest absolute Gasteiger partial charge is 0.496 e. The van der Waals surface area contributed by atoms with Crippen LogP contribution in [0, 0.1) is 0 Å². The predicted molar refractivity (Wildman–Crippen MR) is 57.0 cm³/mol. The summed E-state index contributed by atoms with van der Waals surface area (Å²) in [6.45, 7) is 1.90. The second-order valence-electron chi connectivity index (χ2n) is 2.76. The summed E-state index contributed by atoms with van der Waals surface area (Å²) in [4.78, 5) is 11.0. The number of aromatic carboxylic acids is 1. The van der Waals surface area contributed by atoms with Crippen molar-refractivity contribution in [3.8, 4) is 5.75 Å². The maximum Gasteiger partial charge on any atom is 0.337 e. The van der Waals surface area contributed by atoms with Crippen LogP contribution in [0.4, 0.5) is 0 Å². The first-order valence-corrected chi connectivity index (χ1v) is 4.99. The molecule has 0 aliphatic rings. The van der Waals surface area contributed by atoms with Gasteiger partial charge >= 0.3 is 5.97 Å². The minimum atomic E-state index is -0.937. The van der Waals surface area contributed by atoms with E-state index in [2.05, 4.69) is 15.9 Å². The average molecular weight is 259 g/mol. The first kappa shape index (κ1) is 11.0. The van der Waals surface area contributed by atoms with E-state index in [1.807, 2.05) is 6.92 Å². The number of carboxylic acids is 1. The number of benzene rings is 1. The molecule has 0 amide bonds. The maximum absolute atomic E-state index is 11.0. The van der Waals surface area contributed by atoms with Crippen LogP contribution in [0.25, 0.3) is 0 Å². The number of ether oxygens (including phenoxy) is 1. The zero-order valence-electron chi connectivity index (χ0n) is 8.00. The highest BCUT2D eigenvalue weighted by molar-refractivity contribution is 9.10. The molecule has 0 radical (unpaired) electrons. The van der Waals surface area contributed by atoms with Gasteiger partial charge in [0.2, 0.25) is 0 Å². The third kappa shape index (κ3) is 1.90. The topological polar surface area (TPSA) is 46.5 Å². The molecule has 1 N–H and O–H groups in total. The number of halogens is 1. The Labute approximate surface area is 90.8 Å². The average Bonchev–Trinajstić information content (AvgIpc) is 2.16. The van der Waals surface area contributed by atoms with Crippen molar-refractivity contribution >= 4 is 21.9 Å². The number of carbonyl (C=O) groups is 1. The smallest absolute Gasteiger partial charge is 0.337 e. The lowest BCUT2D eigenvalue weighted by atomic mass is 10.0. The van der Waals surface area contributed by atoms with E-state index in [1.54, 1.807) is 12.1 Å². The van der Waals surface area contributed by atoms with E-state index in [0.29, 0.717) is 16.6 Å². The lowest BCUT2D eigenvalue weighted by Crippen LogP contribution is -2.05. The van der Waals surface area contributed by atoms with Crippen LogP contribution in [-0.4, -0.2) is 18.2 Å². The molecule has 3 nitrogen and oxygen atoms in total. The first-order valence-electron chi connectivity index (χ1n) is 4.20. The van der Waals surface area contributed by atoms with Crippen LogP contribution in [-0.2, 0) is 6.42 Å². The molecule has 14 heavy (non-hydrogen) atoms. The fraction of sp³-hybridized carbons (Fsp3) is 0.300. The molecule has 0 spiro atoms. The summed E-state index contributed by atoms with van der Waals surface area (Å²) in [6, 6.07) is 3.44. The Morgan fingerprint density at radius 3 is 2.64 bits per heavy atom. The van der Waals surface area contributed by atoms with Crippen LogP contribution in [0.3, 0.4) is 0 Å². The van der Waals surface area contributed by atoms with Crippen LogP contribution >= 0.6 is 15.9 Å². The number of hydrogen-bond donors (Lipinski definition) is 1. The van der Waals surface area contributed by atoms with E-state index in [1.165, 1.54) is 7.11 Å². The van der Waals surface area contributed by atoms with Gasteiger partial charge in [-0.05, 0) is 34.5 Å². The third-order valence-electron chi connectivity index (χ3n) is 2.01. The summed E-state index contributed by atoms with van der Waals surface area (Å²) in [5, 5.41) is 9.01. The minimum absolute atomic E-state index is 0.284. The second-order valence-corrected chi connectivity index (χ2v) is 3.62. The molecule has 0 heterocycles. The van der Waals surface area contributed by atoms with Gasteiger partial charge in [0.15, 0.2) is 0 Å². The van der Waals surface area contributed by atoms with Gasteiger partial charge in [0, 0.05) is 10.0 Å². The lowest BCUT2D eigenvalue weighted by Gasteiger charge is -2.10. The summed E-state index contributed by atoms with van der Waals surface area (Å²) in [5.41, 5.74) is 1.00. The Morgan fingerprint density at radius 1 is 1.57 bits per heavy atom. The quantitative estimate of drug-likeness (QED) is 0.907. The van der Waals surface area contributed by atoms with Crippen molar-refractivity contribution in [2.45, 2.75) is 13.3 Å². The van der Waals surface area contributed by atoms with Crippen molar-refractivity contribution < 1.29 is 14.6 Å². The van der Waals surface area contributed by atoms with Gasteiger partial charge in [-0.3, -0.25) is 0 Å². The van der Waals surface area contributed by atoms with Crippen molar-refractivity contribution in [2.24, 2.45) is 0 Å². The molecular weight excluding hydrogens is 248 g/mol. The van der Waals surface area contributed by atoms with E-state index in [9.17, 15) is 4.79 Å². The standard InChI is InChI=1S/C10H11BrO3/c1-3-6-8(14-2)5-4-7(11)9(6)10(12)13/h4-5H,3H2,1-2H3,(H,12,13). The summed E-state index contributed by atoms with van der Waals surface area (Å²) in [6.07, 6.45) is 0.629. The number of carboxylic acid groups (broad SMARTS) is 1. The van der Waals surface area contributed by atoms with E-state index in [4.69, 9.17) is 9.84 Å². The third-order valence-corrected chi connectivity index (χ3v) is 2.67. The van der Waals surface area contributed by atoms with Crippen LogP contribution < -0.4 is 4.74 Å². The zero-order chi connectivity index (χ0) is 10.7. The van der Waals surface area contributed by atoms with Crippen LogP contribution in [0.15, 0.2) is 16.6 Å². The molecule has 0 aromatic heterocycles. The predicted octanol–water partition coefficient (Wildman–Crippen LogP) is 2.72. The van der Waals surface area contributed by atoms with E-state index in [0.717, 1.165) is 5.56 Å². The van der Waals surface area contributed by atoms with E-state index < -0.39 is 5.97 Å². The minimum Gasteiger partial charge on any atom is -0.496 e. The van der Waals surface area contributed by atoms with E-state index in [-0.39, 0.29) is 5.56 Å². The van der Waals surface area contributed by atoms with Crippen molar-refractivity contribution in [1.82, 2.24) is 0 Å². The van der Waals surface area contributed by atoms with Crippen LogP contribution in [0.1, 0.15) is 22.8 Å². The molecule has 0 aliphatic carbocycles. The fourth-order valence-corrected chi connectivity index (χ4v) is 1.91. The van der Waals surface area contributed by atoms with Gasteiger partial charge in [-0.1, -0.05) is 6.92 Å². The van der Waals surface area contributed by atoms with Crippen LogP contribution in [0.2, 0.25) is 0 Å². The van der Waals surface area contributed by atoms with Gasteiger partial charge < -0.3 is 9.84 Å². The molecular formula is C10H11BrO3. The van der Waals surface area contributed by atoms with Crippen molar-refractivity contribution in [1.29, 1.82) is 0 Å². The molecule has 0 aliphatic heterocycles. The molecule has 0 bridgehead atoms. The molecule has 4 heteroatoms. The number of methoxy groups -OCH3 is 1. The molecule has 1 aromatic rings. The van der Waals surface area contributed by atoms with Gasteiger partial charge in [-0.25, -0.2) is 4.79 Å². The van der Waals surface area contributed by atoms with Gasteiger partial charge in [-0.15, -0.1) is 0 Å². The Bertz CT molecular complexity index is 361. The molecule has 0 saturated heterocycles. The van der Waals surface area contributed by atoms with Crippen molar-refractivity contribution in [2.75, 3.05) is 7.11 Å². The van der Waals surface area contributed by atoms with Gasteiger partial charge in [0.05, 0.1) is 12.7 Å². The summed E-state index contributed by atoms with van der Waals surface area (Å²) in [7, 11) is 1.54. The molecule has 1 aromatic carbocycles. The maximum atomic E-state index is 11.0. The van der Waals surface area contributed by atoms with Crippen molar-refractivity contribution in [3.63, 3.8) is 0 Å². The Hall–Kier alpha value is -1.03. The molecule has 0 atom stereocenters. The monoisotopic (exact) mass is 258 g/mol. The Balaban J connectivity index is 3.42. The van der Waals surface area contributed by atoms with Gasteiger partial charge in [-0.2, -0.15) is 0 Å². The molecule has 0 fully saturated rings. The lowest BCUT2D eigenvalue weighted by molar-refractivity contribution is 0.0694. The first-order chi connectivity index (χ1) is 6.61. The fourth-order valence-electron chi connectivity index (χ4n) is 1.37. The number of hydrogen-bond acceptors (Lipinski definition) is 2. The van der Waals surface area contributed by atoms with Gasteiger partial charge in [0.25, 0.3) is 0 Å².